The van der Waals surface area contributed by atoms with Gasteiger partial charge in [-0.25, -0.2) is 9.37 Å². The number of halogens is 1. The summed E-state index contributed by atoms with van der Waals surface area (Å²) < 4.78 is 13.9. The average molecular weight is 408 g/mol. The van der Waals surface area contributed by atoms with Crippen molar-refractivity contribution in [1.29, 1.82) is 0 Å². The third kappa shape index (κ3) is 4.91. The summed E-state index contributed by atoms with van der Waals surface area (Å²) in [6.45, 7) is 2.11. The molecule has 0 bridgehead atoms. The highest BCUT2D eigenvalue weighted by Gasteiger charge is 2.22. The van der Waals surface area contributed by atoms with Crippen LogP contribution >= 0.6 is 0 Å². The lowest BCUT2D eigenvalue weighted by Crippen LogP contribution is -2.47. The van der Waals surface area contributed by atoms with Gasteiger partial charge in [0, 0.05) is 37.5 Å². The molecule has 1 saturated heterocycles. The topological polar surface area (TPSA) is 78.1 Å². The standard InChI is InChI=1S/C23H25FN4O2/c24-18-8-2-1-6-16(18)14-28-13-5-7-17(15-28)25-22(29)12-11-21-23(30)27-20-10-4-3-9-19(20)26-21/h1-4,6,8-10,17H,5,7,11-15H2,(H,25,29)(H,27,30). The van der Waals surface area contributed by atoms with Gasteiger partial charge in [0.05, 0.1) is 11.0 Å². The Bertz CT molecular complexity index is 1100. The molecule has 6 nitrogen and oxygen atoms in total. The molecule has 156 valence electrons. The van der Waals surface area contributed by atoms with Crippen LogP contribution in [0.25, 0.3) is 11.0 Å². The van der Waals surface area contributed by atoms with E-state index in [9.17, 15) is 14.0 Å². The second kappa shape index (κ2) is 9.17. The minimum atomic E-state index is -0.254. The lowest BCUT2D eigenvalue weighted by atomic mass is 10.0. The number of piperidine rings is 1. The highest BCUT2D eigenvalue weighted by atomic mass is 19.1. The normalized spacial score (nSPS) is 17.2. The molecule has 1 atom stereocenters. The Morgan fingerprint density at radius 2 is 2.00 bits per heavy atom. The first-order valence-electron chi connectivity index (χ1n) is 10.3. The number of rotatable bonds is 6. The monoisotopic (exact) mass is 408 g/mol. The number of H-pyrrole nitrogens is 1. The van der Waals surface area contributed by atoms with Gasteiger partial charge in [-0.3, -0.25) is 14.5 Å². The number of fused-ring (bicyclic) bond motifs is 1. The number of benzene rings is 2. The maximum Gasteiger partial charge on any atom is 0.270 e. The van der Waals surface area contributed by atoms with E-state index >= 15 is 0 Å². The van der Waals surface area contributed by atoms with E-state index in [-0.39, 0.29) is 36.2 Å². The molecule has 0 aliphatic carbocycles. The molecule has 1 amide bonds. The maximum absolute atomic E-state index is 13.9. The number of carbonyl (C=O) groups is 1. The Hall–Kier alpha value is -3.06. The molecular formula is C23H25FN4O2. The van der Waals surface area contributed by atoms with Crippen LogP contribution in [0, 0.1) is 5.82 Å². The Kier molecular flexibility index (Phi) is 6.18. The van der Waals surface area contributed by atoms with Crippen LogP contribution in [0.2, 0.25) is 0 Å². The van der Waals surface area contributed by atoms with E-state index in [0.29, 0.717) is 35.4 Å². The molecule has 2 heterocycles. The molecular weight excluding hydrogens is 383 g/mol. The minimum Gasteiger partial charge on any atom is -0.352 e. The number of aromatic nitrogens is 2. The fraction of sp³-hybridized carbons (Fsp3) is 0.348. The molecule has 3 aromatic rings. The van der Waals surface area contributed by atoms with Gasteiger partial charge in [-0.2, -0.15) is 0 Å². The Labute approximate surface area is 174 Å². The van der Waals surface area contributed by atoms with Gasteiger partial charge in [0.25, 0.3) is 5.56 Å². The van der Waals surface area contributed by atoms with Crippen molar-refractivity contribution in [2.24, 2.45) is 0 Å². The molecule has 0 radical (unpaired) electrons. The predicted octanol–water partition coefficient (Wildman–Crippen LogP) is 2.78. The second-order valence-corrected chi connectivity index (χ2v) is 7.76. The van der Waals surface area contributed by atoms with Crippen molar-refractivity contribution in [1.82, 2.24) is 20.2 Å². The van der Waals surface area contributed by atoms with Crippen LogP contribution in [-0.2, 0) is 17.8 Å². The average Bonchev–Trinajstić information content (AvgIpc) is 2.74. The van der Waals surface area contributed by atoms with Crippen molar-refractivity contribution in [2.75, 3.05) is 13.1 Å². The summed E-state index contributed by atoms with van der Waals surface area (Å²) in [7, 11) is 0. The van der Waals surface area contributed by atoms with Crippen molar-refractivity contribution < 1.29 is 9.18 Å². The van der Waals surface area contributed by atoms with Crippen molar-refractivity contribution >= 4 is 16.9 Å². The fourth-order valence-electron chi connectivity index (χ4n) is 3.95. The lowest BCUT2D eigenvalue weighted by Gasteiger charge is -2.33. The van der Waals surface area contributed by atoms with E-state index < -0.39 is 0 Å². The molecule has 1 aromatic heterocycles. The van der Waals surface area contributed by atoms with Gasteiger partial charge in [-0.05, 0) is 37.6 Å². The number of likely N-dealkylation sites (tertiary alicyclic amines) is 1. The van der Waals surface area contributed by atoms with Gasteiger partial charge in [0.15, 0.2) is 0 Å². The molecule has 0 spiro atoms. The van der Waals surface area contributed by atoms with Gasteiger partial charge >= 0.3 is 0 Å². The quantitative estimate of drug-likeness (QED) is 0.658. The van der Waals surface area contributed by atoms with Crippen LogP contribution in [0.3, 0.4) is 0 Å². The molecule has 2 aromatic carbocycles. The van der Waals surface area contributed by atoms with E-state index in [1.807, 2.05) is 24.3 Å². The first-order valence-corrected chi connectivity index (χ1v) is 10.3. The molecule has 1 fully saturated rings. The number of para-hydroxylation sites is 2. The molecule has 1 aliphatic rings. The molecule has 2 N–H and O–H groups in total. The third-order valence-electron chi connectivity index (χ3n) is 5.48. The molecule has 1 aliphatic heterocycles. The summed E-state index contributed by atoms with van der Waals surface area (Å²) >= 11 is 0. The van der Waals surface area contributed by atoms with Gasteiger partial charge in [-0.15, -0.1) is 0 Å². The summed E-state index contributed by atoms with van der Waals surface area (Å²) in [6, 6.07) is 14.2. The van der Waals surface area contributed by atoms with Crippen molar-refractivity contribution in [3.05, 3.63) is 76.0 Å². The maximum atomic E-state index is 13.9. The van der Waals surface area contributed by atoms with Crippen molar-refractivity contribution in [2.45, 2.75) is 38.3 Å². The van der Waals surface area contributed by atoms with Crippen LogP contribution in [0.15, 0.2) is 53.3 Å². The van der Waals surface area contributed by atoms with Gasteiger partial charge in [0.2, 0.25) is 5.91 Å². The number of nitrogens with one attached hydrogen (secondary N) is 2. The summed E-state index contributed by atoms with van der Waals surface area (Å²) in [5.41, 5.74) is 2.19. The number of aromatic amines is 1. The zero-order chi connectivity index (χ0) is 20.9. The van der Waals surface area contributed by atoms with E-state index in [2.05, 4.69) is 20.2 Å². The summed E-state index contributed by atoms with van der Waals surface area (Å²) in [5, 5.41) is 3.06. The first kappa shape index (κ1) is 20.2. The van der Waals surface area contributed by atoms with Crippen LogP contribution in [-0.4, -0.2) is 39.9 Å². The van der Waals surface area contributed by atoms with Gasteiger partial charge in [-0.1, -0.05) is 30.3 Å². The molecule has 7 heteroatoms. The predicted molar refractivity (Wildman–Crippen MR) is 114 cm³/mol. The van der Waals surface area contributed by atoms with Crippen LogP contribution < -0.4 is 10.9 Å². The minimum absolute atomic E-state index is 0.0286. The van der Waals surface area contributed by atoms with E-state index in [0.717, 1.165) is 19.4 Å². The Morgan fingerprint density at radius 3 is 2.87 bits per heavy atom. The number of amides is 1. The summed E-state index contributed by atoms with van der Waals surface area (Å²) in [5.74, 6) is -0.293. The van der Waals surface area contributed by atoms with Crippen molar-refractivity contribution in [3.8, 4) is 0 Å². The number of aryl methyl sites for hydroxylation is 1. The van der Waals surface area contributed by atoms with Crippen LogP contribution in [0.1, 0.15) is 30.5 Å². The molecule has 1 unspecified atom stereocenters. The zero-order valence-electron chi connectivity index (χ0n) is 16.7. The van der Waals surface area contributed by atoms with E-state index in [1.54, 1.807) is 18.2 Å². The van der Waals surface area contributed by atoms with Crippen LogP contribution in [0.4, 0.5) is 4.39 Å². The van der Waals surface area contributed by atoms with Gasteiger partial charge in [0.1, 0.15) is 11.5 Å². The zero-order valence-corrected chi connectivity index (χ0v) is 16.7. The second-order valence-electron chi connectivity index (χ2n) is 7.76. The van der Waals surface area contributed by atoms with E-state index in [4.69, 9.17) is 0 Å². The molecule has 30 heavy (non-hydrogen) atoms. The highest BCUT2D eigenvalue weighted by Crippen LogP contribution is 2.16. The largest absolute Gasteiger partial charge is 0.352 e. The van der Waals surface area contributed by atoms with Crippen LogP contribution in [0.5, 0.6) is 0 Å². The number of carbonyl (C=O) groups excluding carboxylic acids is 1. The number of hydrogen-bond acceptors (Lipinski definition) is 4. The third-order valence-corrected chi connectivity index (χ3v) is 5.48. The smallest absolute Gasteiger partial charge is 0.270 e. The SMILES string of the molecule is O=C(CCc1nc2ccccc2[nH]c1=O)NC1CCCN(Cc2ccccc2F)C1. The van der Waals surface area contributed by atoms with Gasteiger partial charge < -0.3 is 10.3 Å². The summed E-state index contributed by atoms with van der Waals surface area (Å²) in [4.78, 5) is 34.0. The Balaban J connectivity index is 1.31. The summed E-state index contributed by atoms with van der Waals surface area (Å²) in [6.07, 6.45) is 2.34. The first-order chi connectivity index (χ1) is 14.6. The molecule has 0 saturated carbocycles. The number of nitrogens with zero attached hydrogens (tertiary/aromatic N) is 2. The van der Waals surface area contributed by atoms with E-state index in [1.165, 1.54) is 6.07 Å². The molecule has 4 rings (SSSR count). The number of hydrogen-bond donors (Lipinski definition) is 2. The Morgan fingerprint density at radius 1 is 1.20 bits per heavy atom. The fourth-order valence-corrected chi connectivity index (χ4v) is 3.95. The van der Waals surface area contributed by atoms with Crippen molar-refractivity contribution in [3.63, 3.8) is 0 Å². The highest BCUT2D eigenvalue weighted by molar-refractivity contribution is 5.77. The lowest BCUT2D eigenvalue weighted by molar-refractivity contribution is -0.122.